The number of carbonyl (C=O) groups is 1. The molecule has 1 amide bonds. The Bertz CT molecular complexity index is 1140. The Labute approximate surface area is 162 Å². The van der Waals surface area contributed by atoms with E-state index < -0.39 is 28.9 Å². The number of hydrogen-bond acceptors (Lipinski definition) is 4. The van der Waals surface area contributed by atoms with E-state index in [9.17, 15) is 22.8 Å². The maximum atomic E-state index is 13.6. The van der Waals surface area contributed by atoms with Crippen LogP contribution in [0, 0.1) is 17.5 Å². The summed E-state index contributed by atoms with van der Waals surface area (Å²) in [6.45, 7) is 0.774. The molecule has 29 heavy (non-hydrogen) atoms. The van der Waals surface area contributed by atoms with Gasteiger partial charge >= 0.3 is 0 Å². The summed E-state index contributed by atoms with van der Waals surface area (Å²) in [5.74, 6) is -2.81. The molecule has 0 spiro atoms. The first-order valence-corrected chi connectivity index (χ1v) is 8.95. The van der Waals surface area contributed by atoms with Crippen molar-refractivity contribution in [3.8, 4) is 0 Å². The van der Waals surface area contributed by atoms with Crippen LogP contribution >= 0.6 is 0 Å². The van der Waals surface area contributed by atoms with Crippen LogP contribution < -0.4 is 11.0 Å². The molecule has 4 rings (SSSR count). The van der Waals surface area contributed by atoms with Crippen LogP contribution in [0.5, 0.6) is 0 Å². The lowest BCUT2D eigenvalue weighted by Crippen LogP contribution is -2.38. The highest BCUT2D eigenvalue weighted by molar-refractivity contribution is 5.86. The average Bonchev–Trinajstić information content (AvgIpc) is 3.17. The molecular formula is C20H16F3N3O3. The van der Waals surface area contributed by atoms with Crippen molar-refractivity contribution < 1.29 is 22.7 Å². The number of carbonyl (C=O) groups excluding carboxylic acids is 1. The highest BCUT2D eigenvalue weighted by Crippen LogP contribution is 2.24. The van der Waals surface area contributed by atoms with Crippen molar-refractivity contribution >= 4 is 16.8 Å². The minimum Gasteiger partial charge on any atom is -0.381 e. The van der Waals surface area contributed by atoms with Gasteiger partial charge in [0, 0.05) is 24.7 Å². The number of amides is 1. The van der Waals surface area contributed by atoms with Crippen molar-refractivity contribution in [2.75, 3.05) is 18.6 Å². The predicted octanol–water partition coefficient (Wildman–Crippen LogP) is 2.63. The van der Waals surface area contributed by atoms with Crippen molar-refractivity contribution in [2.24, 2.45) is 0 Å². The minimum absolute atomic E-state index is 0.120. The van der Waals surface area contributed by atoms with E-state index in [-0.39, 0.29) is 34.6 Å². The van der Waals surface area contributed by atoms with E-state index in [0.717, 1.165) is 28.9 Å². The highest BCUT2D eigenvalue weighted by atomic mass is 19.1. The quantitative estimate of drug-likeness (QED) is 0.727. The van der Waals surface area contributed by atoms with E-state index in [2.05, 4.69) is 10.4 Å². The van der Waals surface area contributed by atoms with Gasteiger partial charge < -0.3 is 4.74 Å². The molecule has 1 aromatic heterocycles. The molecule has 0 bridgehead atoms. The summed E-state index contributed by atoms with van der Waals surface area (Å²) in [5.41, 5.74) is 2.18. The number of benzene rings is 2. The average molecular weight is 403 g/mol. The first kappa shape index (κ1) is 19.1. The second kappa shape index (κ2) is 7.67. The zero-order valence-corrected chi connectivity index (χ0v) is 15.1. The molecule has 0 aliphatic carbocycles. The molecule has 1 unspecified atom stereocenters. The summed E-state index contributed by atoms with van der Waals surface area (Å²) in [4.78, 5) is 29.8. The van der Waals surface area contributed by atoms with Crippen LogP contribution in [0.3, 0.4) is 0 Å². The molecule has 2 heterocycles. The predicted molar refractivity (Wildman–Crippen MR) is 98.6 cm³/mol. The summed E-state index contributed by atoms with van der Waals surface area (Å²) in [6.07, 6.45) is 0.238. The molecule has 6 nitrogen and oxygen atoms in total. The third-order valence-electron chi connectivity index (χ3n) is 4.68. The van der Waals surface area contributed by atoms with Crippen molar-refractivity contribution in [2.45, 2.75) is 18.8 Å². The lowest BCUT2D eigenvalue weighted by atomic mass is 10.1. The topological polar surface area (TPSA) is 73.2 Å². The van der Waals surface area contributed by atoms with E-state index in [1.807, 2.05) is 0 Å². The van der Waals surface area contributed by atoms with Crippen LogP contribution in [0.25, 0.3) is 10.9 Å². The van der Waals surface area contributed by atoms with Gasteiger partial charge in [-0.2, -0.15) is 0 Å². The van der Waals surface area contributed by atoms with E-state index in [1.54, 1.807) is 0 Å². The number of fused-ring (bicyclic) bond motifs is 1. The zero-order valence-electron chi connectivity index (χ0n) is 15.1. The molecule has 1 aliphatic heterocycles. The standard InChI is InChI=1S/C20H16F3N3O3/c21-13-1-2-16-17(9-13)24-19(12-3-4-29-10-12)26(20(16)28)25-18(27)7-11-5-14(22)8-15(23)6-11/h1-2,5-6,8-9,12H,3-4,7,10H2,(H,25,27). The Hall–Kier alpha value is -3.20. The fraction of sp³-hybridized carbons (Fsp3) is 0.250. The number of nitrogens with zero attached hydrogens (tertiary/aromatic N) is 2. The molecule has 1 saturated heterocycles. The van der Waals surface area contributed by atoms with Gasteiger partial charge in [-0.1, -0.05) is 0 Å². The molecule has 9 heteroatoms. The van der Waals surface area contributed by atoms with Gasteiger partial charge in [0.25, 0.3) is 5.56 Å². The third kappa shape index (κ3) is 4.00. The molecule has 150 valence electrons. The van der Waals surface area contributed by atoms with E-state index in [0.29, 0.717) is 25.7 Å². The molecule has 1 aliphatic rings. The van der Waals surface area contributed by atoms with Gasteiger partial charge in [0.15, 0.2) is 0 Å². The van der Waals surface area contributed by atoms with E-state index in [4.69, 9.17) is 4.74 Å². The third-order valence-corrected chi connectivity index (χ3v) is 4.68. The van der Waals surface area contributed by atoms with Crippen LogP contribution in [0.2, 0.25) is 0 Å². The first-order valence-electron chi connectivity index (χ1n) is 8.95. The van der Waals surface area contributed by atoms with Gasteiger partial charge in [-0.3, -0.25) is 15.0 Å². The fourth-order valence-corrected chi connectivity index (χ4v) is 3.36. The monoisotopic (exact) mass is 403 g/mol. The van der Waals surface area contributed by atoms with Crippen LogP contribution in [-0.2, 0) is 16.0 Å². The Morgan fingerprint density at radius 3 is 2.59 bits per heavy atom. The molecule has 3 aromatic rings. The molecule has 0 radical (unpaired) electrons. The van der Waals surface area contributed by atoms with Gasteiger partial charge in [0.1, 0.15) is 23.3 Å². The van der Waals surface area contributed by atoms with Crippen molar-refractivity contribution in [3.05, 3.63) is 75.6 Å². The number of rotatable bonds is 4. The van der Waals surface area contributed by atoms with E-state index in [1.165, 1.54) is 6.07 Å². The first-order chi connectivity index (χ1) is 13.9. The maximum absolute atomic E-state index is 13.6. The fourth-order valence-electron chi connectivity index (χ4n) is 3.36. The normalized spacial score (nSPS) is 16.3. The molecule has 1 N–H and O–H groups in total. The highest BCUT2D eigenvalue weighted by Gasteiger charge is 2.25. The summed E-state index contributed by atoms with van der Waals surface area (Å²) in [6, 6.07) is 6.36. The molecule has 1 fully saturated rings. The number of nitrogens with one attached hydrogen (secondary N) is 1. The van der Waals surface area contributed by atoms with Crippen molar-refractivity contribution in [3.63, 3.8) is 0 Å². The van der Waals surface area contributed by atoms with Crippen LogP contribution in [0.15, 0.2) is 41.2 Å². The van der Waals surface area contributed by atoms with Gasteiger partial charge in [0.2, 0.25) is 5.91 Å². The summed E-state index contributed by atoms with van der Waals surface area (Å²) < 4.78 is 46.7. The Balaban J connectivity index is 1.72. The zero-order chi connectivity index (χ0) is 20.5. The molecular weight excluding hydrogens is 387 g/mol. The summed E-state index contributed by atoms with van der Waals surface area (Å²) in [7, 11) is 0. The Morgan fingerprint density at radius 1 is 1.14 bits per heavy atom. The van der Waals surface area contributed by atoms with Gasteiger partial charge in [0.05, 0.1) is 23.9 Å². The van der Waals surface area contributed by atoms with Crippen LogP contribution in [-0.4, -0.2) is 28.8 Å². The number of aromatic nitrogens is 2. The lowest BCUT2D eigenvalue weighted by molar-refractivity contribution is -0.116. The SMILES string of the molecule is O=C(Cc1cc(F)cc(F)c1)Nn1c(C2CCOC2)nc2cc(F)ccc2c1=O. The van der Waals surface area contributed by atoms with Crippen LogP contribution in [0.1, 0.15) is 23.7 Å². The second-order valence-electron chi connectivity index (χ2n) is 6.82. The van der Waals surface area contributed by atoms with Crippen molar-refractivity contribution in [1.29, 1.82) is 0 Å². The number of ether oxygens (including phenoxy) is 1. The smallest absolute Gasteiger partial charge is 0.280 e. The minimum atomic E-state index is -0.803. The van der Waals surface area contributed by atoms with Gasteiger partial charge in [-0.15, -0.1) is 0 Å². The van der Waals surface area contributed by atoms with Crippen molar-refractivity contribution in [1.82, 2.24) is 9.66 Å². The maximum Gasteiger partial charge on any atom is 0.280 e. The number of hydrogen-bond donors (Lipinski definition) is 1. The molecule has 2 aromatic carbocycles. The largest absolute Gasteiger partial charge is 0.381 e. The van der Waals surface area contributed by atoms with E-state index >= 15 is 0 Å². The Kier molecular flexibility index (Phi) is 5.06. The summed E-state index contributed by atoms with van der Waals surface area (Å²) >= 11 is 0. The molecule has 1 atom stereocenters. The van der Waals surface area contributed by atoms with Gasteiger partial charge in [-0.25, -0.2) is 22.8 Å². The lowest BCUT2D eigenvalue weighted by Gasteiger charge is -2.17. The molecule has 0 saturated carbocycles. The van der Waals surface area contributed by atoms with Gasteiger partial charge in [-0.05, 0) is 36.2 Å². The number of halogens is 3. The summed E-state index contributed by atoms with van der Waals surface area (Å²) in [5, 5.41) is 0.131. The Morgan fingerprint density at radius 2 is 1.90 bits per heavy atom. The van der Waals surface area contributed by atoms with Crippen LogP contribution in [0.4, 0.5) is 13.2 Å². The second-order valence-corrected chi connectivity index (χ2v) is 6.82.